The van der Waals surface area contributed by atoms with E-state index in [1.54, 1.807) is 0 Å². The summed E-state index contributed by atoms with van der Waals surface area (Å²) in [7, 11) is 0. The van der Waals surface area contributed by atoms with Crippen LogP contribution in [0.1, 0.15) is 24.4 Å². The summed E-state index contributed by atoms with van der Waals surface area (Å²) in [6, 6.07) is 1.88. The second kappa shape index (κ2) is 7.06. The number of H-pyrrole nitrogens is 1. The molecule has 0 saturated heterocycles. The summed E-state index contributed by atoms with van der Waals surface area (Å²) in [6.07, 6.45) is -3.08. The van der Waals surface area contributed by atoms with Crippen molar-refractivity contribution in [3.8, 4) is 0 Å². The van der Waals surface area contributed by atoms with Crippen LogP contribution in [0.15, 0.2) is 28.2 Å². The van der Waals surface area contributed by atoms with Gasteiger partial charge in [-0.15, -0.1) is 5.10 Å². The van der Waals surface area contributed by atoms with Crippen molar-refractivity contribution in [2.24, 2.45) is 0 Å². The Bertz CT molecular complexity index is 951. The zero-order valence-corrected chi connectivity index (χ0v) is 14.3. The van der Waals surface area contributed by atoms with Gasteiger partial charge < -0.3 is 5.32 Å². The lowest BCUT2D eigenvalue weighted by Crippen LogP contribution is -2.18. The van der Waals surface area contributed by atoms with Crippen LogP contribution in [-0.4, -0.2) is 31.3 Å². The van der Waals surface area contributed by atoms with Gasteiger partial charge >= 0.3 is 11.9 Å². The third-order valence-corrected chi connectivity index (χ3v) is 4.67. The average molecular weight is 403 g/mol. The Labute approximate surface area is 153 Å². The highest BCUT2D eigenvalue weighted by atomic mass is 32.2. The van der Waals surface area contributed by atoms with E-state index in [1.807, 2.05) is 0 Å². The van der Waals surface area contributed by atoms with E-state index in [-0.39, 0.29) is 17.5 Å². The molecule has 1 aromatic heterocycles. The fourth-order valence-corrected chi connectivity index (χ4v) is 3.14. The van der Waals surface area contributed by atoms with E-state index in [0.29, 0.717) is 17.3 Å². The number of carbonyl (C=O) groups excluding carboxylic acids is 1. The molecule has 1 amide bonds. The fraction of sp³-hybridized carbons (Fsp3) is 0.357. The third-order valence-electron chi connectivity index (χ3n) is 3.71. The van der Waals surface area contributed by atoms with Gasteiger partial charge in [-0.3, -0.25) is 19.5 Å². The quantitative estimate of drug-likeness (QED) is 0.434. The van der Waals surface area contributed by atoms with Crippen molar-refractivity contribution < 1.29 is 22.9 Å². The highest BCUT2D eigenvalue weighted by molar-refractivity contribution is 7.99. The second-order valence-electron chi connectivity index (χ2n) is 5.74. The number of anilines is 1. The molecule has 0 radical (unpaired) electrons. The van der Waals surface area contributed by atoms with Gasteiger partial charge in [0.05, 0.1) is 16.2 Å². The summed E-state index contributed by atoms with van der Waals surface area (Å²) in [5.74, 6) is -0.907. The van der Waals surface area contributed by atoms with Gasteiger partial charge in [-0.1, -0.05) is 11.8 Å². The Hall–Kier alpha value is -2.83. The number of rotatable bonds is 6. The van der Waals surface area contributed by atoms with Crippen molar-refractivity contribution in [1.82, 2.24) is 14.8 Å². The van der Waals surface area contributed by atoms with Gasteiger partial charge in [-0.2, -0.15) is 13.2 Å². The number of aromatic amines is 1. The summed E-state index contributed by atoms with van der Waals surface area (Å²) in [5.41, 5.74) is -2.79. The van der Waals surface area contributed by atoms with Crippen molar-refractivity contribution in [2.75, 3.05) is 11.1 Å². The monoisotopic (exact) mass is 403 g/mol. The van der Waals surface area contributed by atoms with Crippen LogP contribution in [0.2, 0.25) is 0 Å². The Morgan fingerprint density at radius 2 is 2.15 bits per heavy atom. The minimum absolute atomic E-state index is 0.0396. The molecule has 0 unspecified atom stereocenters. The molecule has 2 aromatic rings. The van der Waals surface area contributed by atoms with E-state index >= 15 is 0 Å². The average Bonchev–Trinajstić information content (AvgIpc) is 3.35. The molecule has 3 rings (SSSR count). The zero-order chi connectivity index (χ0) is 19.8. The standard InChI is InChI=1S/C14H12F3N5O4S/c15-14(16,17)7-1-4-9(10(5-7)22(25)26)18-11(23)6-27-13-20-19-12(24)21(13)8-2-3-8/h1,4-5,8H,2-3,6H2,(H,18,23)(H,19,24). The number of nitro benzene ring substituents is 1. The van der Waals surface area contributed by atoms with Gasteiger partial charge in [0.15, 0.2) is 5.16 Å². The molecule has 1 heterocycles. The van der Waals surface area contributed by atoms with E-state index in [2.05, 4.69) is 15.5 Å². The number of thioether (sulfide) groups is 1. The first-order chi connectivity index (χ1) is 12.7. The number of carbonyl (C=O) groups is 1. The molecule has 1 fully saturated rings. The number of aromatic nitrogens is 3. The number of nitrogens with zero attached hydrogens (tertiary/aromatic N) is 3. The largest absolute Gasteiger partial charge is 0.416 e. The first-order valence-corrected chi connectivity index (χ1v) is 8.60. The number of nitro groups is 1. The van der Waals surface area contributed by atoms with Crippen LogP contribution in [0.3, 0.4) is 0 Å². The minimum atomic E-state index is -4.74. The predicted octanol–water partition coefficient (Wildman–Crippen LogP) is 2.56. The molecule has 1 aliphatic carbocycles. The highest BCUT2D eigenvalue weighted by Gasteiger charge is 2.33. The highest BCUT2D eigenvalue weighted by Crippen LogP contribution is 2.36. The second-order valence-corrected chi connectivity index (χ2v) is 6.68. The lowest BCUT2D eigenvalue weighted by molar-refractivity contribution is -0.384. The number of alkyl halides is 3. The van der Waals surface area contributed by atoms with Crippen molar-refractivity contribution in [2.45, 2.75) is 30.2 Å². The Balaban J connectivity index is 1.71. The predicted molar refractivity (Wildman–Crippen MR) is 88.6 cm³/mol. The van der Waals surface area contributed by atoms with Crippen molar-refractivity contribution in [1.29, 1.82) is 0 Å². The number of hydrogen-bond donors (Lipinski definition) is 2. The molecule has 1 aromatic carbocycles. The van der Waals surface area contributed by atoms with E-state index < -0.39 is 33.9 Å². The topological polar surface area (TPSA) is 123 Å². The molecule has 1 saturated carbocycles. The third kappa shape index (κ3) is 4.30. The molecule has 0 spiro atoms. The van der Waals surface area contributed by atoms with Gasteiger partial charge in [0.2, 0.25) is 5.91 Å². The van der Waals surface area contributed by atoms with E-state index in [4.69, 9.17) is 0 Å². The number of nitrogens with one attached hydrogen (secondary N) is 2. The lowest BCUT2D eigenvalue weighted by atomic mass is 10.1. The van der Waals surface area contributed by atoms with E-state index in [1.165, 1.54) is 4.57 Å². The van der Waals surface area contributed by atoms with Gasteiger partial charge in [-0.25, -0.2) is 9.89 Å². The minimum Gasteiger partial charge on any atom is -0.320 e. The molecular weight excluding hydrogens is 391 g/mol. The number of amides is 1. The van der Waals surface area contributed by atoms with E-state index in [9.17, 15) is 32.9 Å². The molecule has 0 atom stereocenters. The fourth-order valence-electron chi connectivity index (χ4n) is 2.33. The van der Waals surface area contributed by atoms with Crippen LogP contribution in [0.25, 0.3) is 0 Å². The van der Waals surface area contributed by atoms with Crippen LogP contribution in [0.4, 0.5) is 24.5 Å². The maximum atomic E-state index is 12.7. The summed E-state index contributed by atoms with van der Waals surface area (Å²) in [6.45, 7) is 0. The number of benzene rings is 1. The Morgan fingerprint density at radius 1 is 1.44 bits per heavy atom. The normalized spacial score (nSPS) is 14.2. The van der Waals surface area contributed by atoms with Crippen LogP contribution in [0, 0.1) is 10.1 Å². The molecule has 9 nitrogen and oxygen atoms in total. The van der Waals surface area contributed by atoms with E-state index in [0.717, 1.165) is 30.7 Å². The van der Waals surface area contributed by atoms with Crippen LogP contribution in [0.5, 0.6) is 0 Å². The van der Waals surface area contributed by atoms with Crippen molar-refractivity contribution >= 4 is 29.0 Å². The Kier molecular flexibility index (Phi) is 4.95. The summed E-state index contributed by atoms with van der Waals surface area (Å²) in [4.78, 5) is 33.7. The summed E-state index contributed by atoms with van der Waals surface area (Å²) < 4.78 is 39.5. The molecule has 13 heteroatoms. The Morgan fingerprint density at radius 3 is 2.74 bits per heavy atom. The van der Waals surface area contributed by atoms with Gasteiger partial charge in [0.1, 0.15) is 5.69 Å². The smallest absolute Gasteiger partial charge is 0.320 e. The molecule has 2 N–H and O–H groups in total. The zero-order valence-electron chi connectivity index (χ0n) is 13.4. The van der Waals surface area contributed by atoms with Crippen molar-refractivity contribution in [3.63, 3.8) is 0 Å². The molecule has 1 aliphatic rings. The summed E-state index contributed by atoms with van der Waals surface area (Å²) in [5, 5.41) is 19.6. The summed E-state index contributed by atoms with van der Waals surface area (Å²) >= 11 is 0.944. The first kappa shape index (κ1) is 18.9. The molecule has 0 bridgehead atoms. The van der Waals surface area contributed by atoms with Crippen LogP contribution in [-0.2, 0) is 11.0 Å². The number of hydrogen-bond acceptors (Lipinski definition) is 6. The van der Waals surface area contributed by atoms with Crippen molar-refractivity contribution in [3.05, 3.63) is 44.4 Å². The van der Waals surface area contributed by atoms with Crippen LogP contribution < -0.4 is 11.0 Å². The molecular formula is C14H12F3N5O4S. The van der Waals surface area contributed by atoms with Gasteiger partial charge in [0.25, 0.3) is 5.69 Å². The van der Waals surface area contributed by atoms with Gasteiger partial charge in [-0.05, 0) is 25.0 Å². The molecule has 0 aliphatic heterocycles. The molecule has 144 valence electrons. The SMILES string of the molecule is O=C(CSc1n[nH]c(=O)n1C1CC1)Nc1ccc(C(F)(F)F)cc1[N+](=O)[O-]. The van der Waals surface area contributed by atoms with Crippen LogP contribution >= 0.6 is 11.8 Å². The lowest BCUT2D eigenvalue weighted by Gasteiger charge is -2.10. The van der Waals surface area contributed by atoms with Gasteiger partial charge in [0, 0.05) is 12.1 Å². The number of halogens is 3. The first-order valence-electron chi connectivity index (χ1n) is 7.62. The molecule has 27 heavy (non-hydrogen) atoms. The maximum Gasteiger partial charge on any atom is 0.416 e. The maximum absolute atomic E-state index is 12.7.